The number of nitrogens with two attached hydrogens (primary N) is 2. The summed E-state index contributed by atoms with van der Waals surface area (Å²) in [6, 6.07) is 5.73. The van der Waals surface area contributed by atoms with Crippen molar-refractivity contribution in [2.24, 2.45) is 5.73 Å². The van der Waals surface area contributed by atoms with Crippen LogP contribution in [0.15, 0.2) is 23.9 Å². The van der Waals surface area contributed by atoms with Gasteiger partial charge in [0.2, 0.25) is 0 Å². The summed E-state index contributed by atoms with van der Waals surface area (Å²) in [4.78, 5) is 0. The molecule has 0 radical (unpaired) electrons. The highest BCUT2D eigenvalue weighted by molar-refractivity contribution is 5.77. The van der Waals surface area contributed by atoms with Gasteiger partial charge >= 0.3 is 0 Å². The Morgan fingerprint density at radius 3 is 2.69 bits per heavy atom. The van der Waals surface area contributed by atoms with Crippen LogP contribution < -0.4 is 16.8 Å². The fourth-order valence-electron chi connectivity index (χ4n) is 1.19. The highest BCUT2D eigenvalue weighted by Crippen LogP contribution is 2.23. The summed E-state index contributed by atoms with van der Waals surface area (Å²) in [6.45, 7) is 1.84. The van der Waals surface area contributed by atoms with Gasteiger partial charge < -0.3 is 16.8 Å². The molecule has 3 heteroatoms. The lowest BCUT2D eigenvalue weighted by Crippen LogP contribution is -1.98. The third kappa shape index (κ3) is 2.15. The van der Waals surface area contributed by atoms with Crippen LogP contribution in [0.3, 0.4) is 0 Å². The van der Waals surface area contributed by atoms with Gasteiger partial charge in [0, 0.05) is 29.7 Å². The van der Waals surface area contributed by atoms with E-state index in [0.717, 1.165) is 22.6 Å². The zero-order valence-corrected chi connectivity index (χ0v) is 7.96. The molecule has 13 heavy (non-hydrogen) atoms. The number of hydrogen-bond acceptors (Lipinski definition) is 3. The van der Waals surface area contributed by atoms with Gasteiger partial charge in [-0.15, -0.1) is 0 Å². The lowest BCUT2D eigenvalue weighted by atomic mass is 10.1. The molecule has 0 fully saturated rings. The molecule has 5 N–H and O–H groups in total. The Morgan fingerprint density at radius 1 is 1.46 bits per heavy atom. The molecular formula is C10H15N3. The van der Waals surface area contributed by atoms with Crippen molar-refractivity contribution in [3.05, 3.63) is 29.5 Å². The third-order valence-corrected chi connectivity index (χ3v) is 1.78. The normalized spacial score (nSPS) is 11.4. The van der Waals surface area contributed by atoms with Gasteiger partial charge in [-0.05, 0) is 25.1 Å². The van der Waals surface area contributed by atoms with E-state index in [2.05, 4.69) is 5.32 Å². The zero-order chi connectivity index (χ0) is 9.84. The molecule has 0 spiro atoms. The molecule has 0 heterocycles. The molecule has 70 valence electrons. The van der Waals surface area contributed by atoms with E-state index in [4.69, 9.17) is 11.5 Å². The van der Waals surface area contributed by atoms with Crippen molar-refractivity contribution >= 4 is 17.5 Å². The van der Waals surface area contributed by atoms with E-state index in [0.29, 0.717) is 0 Å². The topological polar surface area (TPSA) is 64.1 Å². The van der Waals surface area contributed by atoms with Crippen molar-refractivity contribution in [2.75, 3.05) is 18.1 Å². The van der Waals surface area contributed by atoms with Crippen molar-refractivity contribution in [1.82, 2.24) is 0 Å². The van der Waals surface area contributed by atoms with Gasteiger partial charge in [-0.1, -0.05) is 6.07 Å². The second kappa shape index (κ2) is 3.85. The Hall–Kier alpha value is -1.64. The lowest BCUT2D eigenvalue weighted by Gasteiger charge is -2.08. The summed E-state index contributed by atoms with van der Waals surface area (Å²) in [5.41, 5.74) is 14.8. The molecular weight excluding hydrogens is 162 g/mol. The minimum Gasteiger partial charge on any atom is -0.402 e. The van der Waals surface area contributed by atoms with Crippen LogP contribution in [0.5, 0.6) is 0 Å². The Kier molecular flexibility index (Phi) is 2.80. The molecule has 3 nitrogen and oxygen atoms in total. The van der Waals surface area contributed by atoms with Gasteiger partial charge in [0.05, 0.1) is 0 Å². The molecule has 0 unspecified atom stereocenters. The highest BCUT2D eigenvalue weighted by Gasteiger charge is 2.00. The largest absolute Gasteiger partial charge is 0.402 e. The van der Waals surface area contributed by atoms with Crippen molar-refractivity contribution in [3.63, 3.8) is 0 Å². The predicted octanol–water partition coefficient (Wildman–Crippen LogP) is 1.63. The number of hydrogen-bond donors (Lipinski definition) is 3. The molecule has 1 aromatic carbocycles. The number of allylic oxidation sites excluding steroid dienone is 1. The van der Waals surface area contributed by atoms with Gasteiger partial charge in [-0.2, -0.15) is 0 Å². The Morgan fingerprint density at radius 2 is 2.15 bits per heavy atom. The smallest absolute Gasteiger partial charge is 0.0432 e. The molecule has 0 amide bonds. The average Bonchev–Trinajstić information content (AvgIpc) is 2.08. The maximum atomic E-state index is 5.81. The fourth-order valence-corrected chi connectivity index (χ4v) is 1.19. The van der Waals surface area contributed by atoms with E-state index < -0.39 is 0 Å². The predicted molar refractivity (Wildman–Crippen MR) is 58.2 cm³/mol. The molecule has 1 aromatic rings. The van der Waals surface area contributed by atoms with Gasteiger partial charge in [0.15, 0.2) is 0 Å². The Balaban J connectivity index is 3.23. The van der Waals surface area contributed by atoms with Crippen LogP contribution in [-0.2, 0) is 0 Å². The number of rotatable bonds is 2. The molecule has 0 aromatic heterocycles. The molecule has 0 bridgehead atoms. The van der Waals surface area contributed by atoms with Crippen molar-refractivity contribution in [3.8, 4) is 0 Å². The van der Waals surface area contributed by atoms with Gasteiger partial charge in [-0.3, -0.25) is 0 Å². The minimum atomic E-state index is 0.733. The van der Waals surface area contributed by atoms with E-state index in [9.17, 15) is 0 Å². The molecule has 0 aliphatic heterocycles. The lowest BCUT2D eigenvalue weighted by molar-refractivity contribution is 1.34. The SMILES string of the molecule is CNc1cccc(N)c1/C=C(/C)N. The maximum absolute atomic E-state index is 5.81. The van der Waals surface area contributed by atoms with Crippen LogP contribution in [0, 0.1) is 0 Å². The summed E-state index contributed by atoms with van der Waals surface area (Å²) >= 11 is 0. The van der Waals surface area contributed by atoms with E-state index in [1.165, 1.54) is 0 Å². The number of benzene rings is 1. The Bertz CT molecular complexity index is 325. The number of nitrogens with one attached hydrogen (secondary N) is 1. The number of anilines is 2. The first-order chi connectivity index (χ1) is 6.15. The average molecular weight is 177 g/mol. The first-order valence-corrected chi connectivity index (χ1v) is 4.15. The highest BCUT2D eigenvalue weighted by atomic mass is 14.8. The van der Waals surface area contributed by atoms with E-state index in [1.807, 2.05) is 38.2 Å². The zero-order valence-electron chi connectivity index (χ0n) is 7.96. The first kappa shape index (κ1) is 9.45. The maximum Gasteiger partial charge on any atom is 0.0432 e. The first-order valence-electron chi connectivity index (χ1n) is 4.15. The molecule has 0 atom stereocenters. The number of nitrogen functional groups attached to an aromatic ring is 1. The molecule has 1 rings (SSSR count). The molecule has 0 saturated carbocycles. The second-order valence-corrected chi connectivity index (χ2v) is 2.95. The van der Waals surface area contributed by atoms with Gasteiger partial charge in [-0.25, -0.2) is 0 Å². The van der Waals surface area contributed by atoms with E-state index in [-0.39, 0.29) is 0 Å². The van der Waals surface area contributed by atoms with Crippen LogP contribution in [0.2, 0.25) is 0 Å². The fraction of sp³-hybridized carbons (Fsp3) is 0.200. The van der Waals surface area contributed by atoms with Gasteiger partial charge in [0.1, 0.15) is 0 Å². The molecule has 0 aliphatic carbocycles. The van der Waals surface area contributed by atoms with Crippen LogP contribution in [-0.4, -0.2) is 7.05 Å². The van der Waals surface area contributed by atoms with Crippen LogP contribution >= 0.6 is 0 Å². The molecule has 0 aliphatic rings. The minimum absolute atomic E-state index is 0.733. The Labute approximate surface area is 78.4 Å². The summed E-state index contributed by atoms with van der Waals surface area (Å²) in [5.74, 6) is 0. The second-order valence-electron chi connectivity index (χ2n) is 2.95. The third-order valence-electron chi connectivity index (χ3n) is 1.78. The quantitative estimate of drug-likeness (QED) is 0.601. The van der Waals surface area contributed by atoms with Gasteiger partial charge in [0.25, 0.3) is 0 Å². The summed E-state index contributed by atoms with van der Waals surface area (Å²) < 4.78 is 0. The van der Waals surface area contributed by atoms with Crippen molar-refractivity contribution < 1.29 is 0 Å². The molecule has 0 saturated heterocycles. The summed E-state index contributed by atoms with van der Waals surface area (Å²) in [7, 11) is 1.86. The van der Waals surface area contributed by atoms with Crippen LogP contribution in [0.1, 0.15) is 12.5 Å². The van der Waals surface area contributed by atoms with Crippen LogP contribution in [0.25, 0.3) is 6.08 Å². The summed E-state index contributed by atoms with van der Waals surface area (Å²) in [6.07, 6.45) is 1.86. The summed E-state index contributed by atoms with van der Waals surface area (Å²) in [5, 5.41) is 3.06. The monoisotopic (exact) mass is 177 g/mol. The van der Waals surface area contributed by atoms with Crippen molar-refractivity contribution in [2.45, 2.75) is 6.92 Å². The van der Waals surface area contributed by atoms with Crippen molar-refractivity contribution in [1.29, 1.82) is 0 Å². The van der Waals surface area contributed by atoms with E-state index in [1.54, 1.807) is 0 Å². The standard InChI is InChI=1S/C10H15N3/c1-7(11)6-8-9(12)4-3-5-10(8)13-2/h3-6,13H,11-12H2,1-2H3/b7-6-. The van der Waals surface area contributed by atoms with Crippen LogP contribution in [0.4, 0.5) is 11.4 Å². The van der Waals surface area contributed by atoms with E-state index >= 15 is 0 Å².